The lowest BCUT2D eigenvalue weighted by Crippen LogP contribution is -2.39. The molecule has 32 heavy (non-hydrogen) atoms. The van der Waals surface area contributed by atoms with E-state index >= 15 is 0 Å². The minimum absolute atomic E-state index is 0.00556. The van der Waals surface area contributed by atoms with Gasteiger partial charge in [-0.1, -0.05) is 42.0 Å². The fraction of sp³-hybridized carbons (Fsp3) is 0.400. The summed E-state index contributed by atoms with van der Waals surface area (Å²) in [6.45, 7) is 4.43. The molecule has 0 saturated carbocycles. The Bertz CT molecular complexity index is 1000. The monoisotopic (exact) mass is 434 g/mol. The van der Waals surface area contributed by atoms with Gasteiger partial charge in [-0.25, -0.2) is 0 Å². The normalized spacial score (nSPS) is 21.2. The van der Waals surface area contributed by atoms with Crippen LogP contribution in [0, 0.1) is 12.8 Å². The molecule has 7 nitrogen and oxygen atoms in total. The molecule has 2 heterocycles. The highest BCUT2D eigenvalue weighted by molar-refractivity contribution is 5.97. The molecule has 0 radical (unpaired) electrons. The second kappa shape index (κ2) is 9.53. The first kappa shape index (κ1) is 22.0. The number of rotatable bonds is 7. The number of nitrogens with zero attached hydrogens (tertiary/aromatic N) is 2. The number of nitrogens with two attached hydrogens (primary N) is 1. The highest BCUT2D eigenvalue weighted by atomic mass is 16.2. The third kappa shape index (κ3) is 5.16. The smallest absolute Gasteiger partial charge is 0.234 e. The number of carbonyl (C=O) groups excluding carboxylic acids is 3. The van der Waals surface area contributed by atoms with Crippen LogP contribution in [0.15, 0.2) is 48.5 Å². The number of amides is 3. The number of anilines is 1. The maximum absolute atomic E-state index is 12.8. The molecule has 2 aromatic rings. The molecule has 2 unspecified atom stereocenters. The van der Waals surface area contributed by atoms with Crippen LogP contribution < -0.4 is 11.1 Å². The molecule has 3 N–H and O–H groups in total. The lowest BCUT2D eigenvalue weighted by Gasteiger charge is -2.22. The van der Waals surface area contributed by atoms with Gasteiger partial charge in [-0.3, -0.25) is 19.3 Å². The molecule has 7 heteroatoms. The Labute approximate surface area is 188 Å². The molecule has 0 aliphatic carbocycles. The predicted octanol–water partition coefficient (Wildman–Crippen LogP) is 2.43. The Kier molecular flexibility index (Phi) is 6.55. The summed E-state index contributed by atoms with van der Waals surface area (Å²) in [6.07, 6.45) is 1.98. The van der Waals surface area contributed by atoms with E-state index in [1.54, 1.807) is 4.90 Å². The zero-order chi connectivity index (χ0) is 22.7. The van der Waals surface area contributed by atoms with E-state index in [9.17, 15) is 14.4 Å². The minimum atomic E-state index is -0.366. The van der Waals surface area contributed by atoms with Crippen molar-refractivity contribution in [1.82, 2.24) is 9.80 Å². The molecule has 2 aliphatic rings. The molecule has 2 atom stereocenters. The van der Waals surface area contributed by atoms with Crippen LogP contribution in [0.2, 0.25) is 0 Å². The Morgan fingerprint density at radius 1 is 1.09 bits per heavy atom. The van der Waals surface area contributed by atoms with E-state index in [4.69, 9.17) is 5.73 Å². The van der Waals surface area contributed by atoms with Crippen molar-refractivity contribution in [2.24, 2.45) is 11.7 Å². The van der Waals surface area contributed by atoms with Crippen LogP contribution in [0.5, 0.6) is 0 Å². The number of likely N-dealkylation sites (tertiary alicyclic amines) is 2. The molecule has 3 amide bonds. The van der Waals surface area contributed by atoms with Crippen molar-refractivity contribution in [2.45, 2.75) is 45.3 Å². The number of hydrogen-bond donors (Lipinski definition) is 2. The maximum atomic E-state index is 12.8. The topological polar surface area (TPSA) is 95.7 Å². The second-order valence-electron chi connectivity index (χ2n) is 8.88. The third-order valence-corrected chi connectivity index (χ3v) is 6.35. The van der Waals surface area contributed by atoms with Gasteiger partial charge in [0.25, 0.3) is 0 Å². The quantitative estimate of drug-likeness (QED) is 0.700. The lowest BCUT2D eigenvalue weighted by atomic mass is 10.1. The van der Waals surface area contributed by atoms with E-state index in [1.165, 1.54) is 5.56 Å². The highest BCUT2D eigenvalue weighted by Crippen LogP contribution is 2.24. The number of primary amides is 1. The Morgan fingerprint density at radius 2 is 1.88 bits per heavy atom. The molecular formula is C25H30N4O3. The van der Waals surface area contributed by atoms with Crippen molar-refractivity contribution < 1.29 is 14.4 Å². The molecule has 2 fully saturated rings. The van der Waals surface area contributed by atoms with Crippen molar-refractivity contribution in [3.05, 3.63) is 65.2 Å². The van der Waals surface area contributed by atoms with Crippen molar-refractivity contribution in [3.63, 3.8) is 0 Å². The molecule has 4 rings (SSSR count). The van der Waals surface area contributed by atoms with Crippen LogP contribution in [0.1, 0.15) is 36.0 Å². The summed E-state index contributed by atoms with van der Waals surface area (Å²) in [5.41, 5.74) is 9.47. The lowest BCUT2D eigenvalue weighted by molar-refractivity contribution is -0.128. The summed E-state index contributed by atoms with van der Waals surface area (Å²) in [5.74, 6) is -0.786. The summed E-state index contributed by atoms with van der Waals surface area (Å²) >= 11 is 0. The Balaban J connectivity index is 1.34. The minimum Gasteiger partial charge on any atom is -0.368 e. The zero-order valence-corrected chi connectivity index (χ0v) is 18.4. The van der Waals surface area contributed by atoms with Crippen molar-refractivity contribution in [1.29, 1.82) is 0 Å². The molecule has 0 bridgehead atoms. The SMILES string of the molecule is Cc1ccc(CN2CC(C(=O)Nc3cccc(CN4CCCC4C(N)=O)c3)CC2=O)cc1. The first-order valence-electron chi connectivity index (χ1n) is 11.2. The Morgan fingerprint density at radius 3 is 2.62 bits per heavy atom. The van der Waals surface area contributed by atoms with Crippen LogP contribution in [0.4, 0.5) is 5.69 Å². The number of carbonyl (C=O) groups is 3. The summed E-state index contributed by atoms with van der Waals surface area (Å²) in [4.78, 5) is 40.8. The van der Waals surface area contributed by atoms with Crippen LogP contribution in [0.25, 0.3) is 0 Å². The summed E-state index contributed by atoms with van der Waals surface area (Å²) in [6, 6.07) is 15.5. The van der Waals surface area contributed by atoms with Gasteiger partial charge < -0.3 is 16.0 Å². The summed E-state index contributed by atoms with van der Waals surface area (Å²) in [5, 5.41) is 2.97. The van der Waals surface area contributed by atoms with E-state index < -0.39 is 0 Å². The number of benzene rings is 2. The van der Waals surface area contributed by atoms with Gasteiger partial charge in [0.05, 0.1) is 12.0 Å². The van der Waals surface area contributed by atoms with Gasteiger partial charge in [0.1, 0.15) is 0 Å². The fourth-order valence-electron chi connectivity index (χ4n) is 4.58. The molecule has 2 aromatic carbocycles. The highest BCUT2D eigenvalue weighted by Gasteiger charge is 2.34. The molecular weight excluding hydrogens is 404 g/mol. The molecule has 0 aromatic heterocycles. The third-order valence-electron chi connectivity index (χ3n) is 6.35. The van der Waals surface area contributed by atoms with E-state index in [1.807, 2.05) is 55.5 Å². The van der Waals surface area contributed by atoms with Gasteiger partial charge in [0, 0.05) is 31.7 Å². The van der Waals surface area contributed by atoms with Crippen LogP contribution in [-0.4, -0.2) is 46.7 Å². The number of hydrogen-bond acceptors (Lipinski definition) is 4. The molecule has 0 spiro atoms. The zero-order valence-electron chi connectivity index (χ0n) is 18.4. The van der Waals surface area contributed by atoms with Crippen LogP contribution >= 0.6 is 0 Å². The number of nitrogens with one attached hydrogen (secondary N) is 1. The van der Waals surface area contributed by atoms with Gasteiger partial charge >= 0.3 is 0 Å². The van der Waals surface area contributed by atoms with E-state index in [0.29, 0.717) is 25.3 Å². The largest absolute Gasteiger partial charge is 0.368 e. The Hall–Kier alpha value is -3.19. The average Bonchev–Trinajstić information content (AvgIpc) is 3.37. The van der Waals surface area contributed by atoms with Crippen molar-refractivity contribution in [2.75, 3.05) is 18.4 Å². The average molecular weight is 435 g/mol. The number of aryl methyl sites for hydroxylation is 1. The first-order valence-corrected chi connectivity index (χ1v) is 11.2. The maximum Gasteiger partial charge on any atom is 0.234 e. The van der Waals surface area contributed by atoms with Crippen LogP contribution in [-0.2, 0) is 27.5 Å². The fourth-order valence-corrected chi connectivity index (χ4v) is 4.58. The van der Waals surface area contributed by atoms with Gasteiger partial charge in [0.2, 0.25) is 17.7 Å². The molecule has 168 valence electrons. The molecule has 2 aliphatic heterocycles. The summed E-state index contributed by atoms with van der Waals surface area (Å²) in [7, 11) is 0. The molecule has 2 saturated heterocycles. The van der Waals surface area contributed by atoms with Gasteiger partial charge in [-0.05, 0) is 49.6 Å². The van der Waals surface area contributed by atoms with Crippen molar-refractivity contribution >= 4 is 23.4 Å². The van der Waals surface area contributed by atoms with Gasteiger partial charge in [-0.15, -0.1) is 0 Å². The first-order chi connectivity index (χ1) is 15.4. The second-order valence-corrected chi connectivity index (χ2v) is 8.88. The van der Waals surface area contributed by atoms with Gasteiger partial charge in [0.15, 0.2) is 0 Å². The van der Waals surface area contributed by atoms with Crippen molar-refractivity contribution in [3.8, 4) is 0 Å². The van der Waals surface area contributed by atoms with E-state index in [2.05, 4.69) is 10.2 Å². The predicted molar refractivity (Wildman–Crippen MR) is 122 cm³/mol. The van der Waals surface area contributed by atoms with Gasteiger partial charge in [-0.2, -0.15) is 0 Å². The summed E-state index contributed by atoms with van der Waals surface area (Å²) < 4.78 is 0. The standard InChI is InChI=1S/C25H30N4O3/c1-17-7-9-18(10-8-17)14-29-16-20(13-23(29)30)25(32)27-21-5-2-4-19(12-21)15-28-11-3-6-22(28)24(26)31/h2,4-5,7-10,12,20,22H,3,6,11,13-16H2,1H3,(H2,26,31)(H,27,32). The van der Waals surface area contributed by atoms with E-state index in [-0.39, 0.29) is 36.1 Å². The van der Waals surface area contributed by atoms with E-state index in [0.717, 1.165) is 30.5 Å². The van der Waals surface area contributed by atoms with Crippen LogP contribution in [0.3, 0.4) is 0 Å².